The summed E-state index contributed by atoms with van der Waals surface area (Å²) in [6.45, 7) is 0. The van der Waals surface area contributed by atoms with Crippen molar-refractivity contribution in [2.24, 2.45) is 0 Å². The van der Waals surface area contributed by atoms with Gasteiger partial charge < -0.3 is 9.73 Å². The molecule has 0 bridgehead atoms. The molecular weight excluding hydrogens is 511 g/mol. The van der Waals surface area contributed by atoms with Gasteiger partial charge in [-0.1, -0.05) is 23.2 Å². The topological polar surface area (TPSA) is 80.0 Å². The highest BCUT2D eigenvalue weighted by molar-refractivity contribution is 9.10. The maximum atomic E-state index is 12.4. The van der Waals surface area contributed by atoms with Crippen LogP contribution < -0.4 is 10.6 Å². The number of hydrogen-bond acceptors (Lipinski definition) is 5. The van der Waals surface area contributed by atoms with Gasteiger partial charge >= 0.3 is 0 Å². The summed E-state index contributed by atoms with van der Waals surface area (Å²) in [4.78, 5) is 21.0. The van der Waals surface area contributed by atoms with Crippen LogP contribution in [0.15, 0.2) is 63.7 Å². The van der Waals surface area contributed by atoms with Gasteiger partial charge in [-0.2, -0.15) is 0 Å². The van der Waals surface area contributed by atoms with Gasteiger partial charge in [-0.15, -0.1) is 0 Å². The van der Waals surface area contributed by atoms with Crippen LogP contribution >= 0.6 is 51.3 Å². The molecule has 2 N–H and O–H groups in total. The summed E-state index contributed by atoms with van der Waals surface area (Å²) >= 11 is 20.6. The molecule has 2 aromatic carbocycles. The number of oxazole rings is 1. The molecule has 2 aromatic heterocycles. The van der Waals surface area contributed by atoms with Gasteiger partial charge in [0.05, 0.1) is 16.1 Å². The summed E-state index contributed by atoms with van der Waals surface area (Å²) in [7, 11) is 0. The first kappa shape index (κ1) is 20.7. The lowest BCUT2D eigenvalue weighted by Crippen LogP contribution is -2.34. The molecule has 1 amide bonds. The second-order valence-electron chi connectivity index (χ2n) is 6.13. The highest BCUT2D eigenvalue weighted by atomic mass is 79.9. The molecule has 0 saturated carbocycles. The van der Waals surface area contributed by atoms with Crippen LogP contribution in [0.2, 0.25) is 10.0 Å². The van der Waals surface area contributed by atoms with Crippen LogP contribution in [-0.4, -0.2) is 21.0 Å². The van der Waals surface area contributed by atoms with Gasteiger partial charge in [0, 0.05) is 27.6 Å². The maximum Gasteiger partial charge on any atom is 0.258 e. The van der Waals surface area contributed by atoms with E-state index in [1.165, 1.54) is 6.07 Å². The van der Waals surface area contributed by atoms with E-state index in [-0.39, 0.29) is 15.7 Å². The Morgan fingerprint density at radius 1 is 1.10 bits per heavy atom. The first-order valence-electron chi connectivity index (χ1n) is 8.48. The van der Waals surface area contributed by atoms with Crippen molar-refractivity contribution in [2.75, 3.05) is 5.32 Å². The number of fused-ring (bicyclic) bond motifs is 1. The van der Waals surface area contributed by atoms with Crippen molar-refractivity contribution in [1.29, 1.82) is 0 Å². The Morgan fingerprint density at radius 3 is 2.73 bits per heavy atom. The van der Waals surface area contributed by atoms with Crippen molar-refractivity contribution in [2.45, 2.75) is 0 Å². The molecule has 0 unspecified atom stereocenters. The minimum absolute atomic E-state index is 0.107. The summed E-state index contributed by atoms with van der Waals surface area (Å²) in [6.07, 6.45) is 3.35. The average Bonchev–Trinajstić information content (AvgIpc) is 3.13. The number of halogens is 3. The molecule has 30 heavy (non-hydrogen) atoms. The van der Waals surface area contributed by atoms with Crippen LogP contribution in [0.1, 0.15) is 10.4 Å². The van der Waals surface area contributed by atoms with Crippen LogP contribution in [0.4, 0.5) is 5.69 Å². The third-order valence-corrected chi connectivity index (χ3v) is 5.20. The third kappa shape index (κ3) is 4.62. The zero-order valence-corrected chi connectivity index (χ0v) is 18.9. The molecular formula is C20H11BrCl2N4O2S. The number of carbonyl (C=O) groups excluding carboxylic acids is 1. The molecule has 0 fully saturated rings. The summed E-state index contributed by atoms with van der Waals surface area (Å²) in [6, 6.07) is 11.8. The van der Waals surface area contributed by atoms with Crippen molar-refractivity contribution in [3.8, 4) is 11.5 Å². The van der Waals surface area contributed by atoms with Crippen molar-refractivity contribution >= 4 is 79.2 Å². The van der Waals surface area contributed by atoms with E-state index in [0.717, 1.165) is 10.0 Å². The summed E-state index contributed by atoms with van der Waals surface area (Å²) < 4.78 is 6.61. The molecule has 0 radical (unpaired) electrons. The smallest absolute Gasteiger partial charge is 0.258 e. The van der Waals surface area contributed by atoms with Crippen molar-refractivity contribution < 1.29 is 9.21 Å². The van der Waals surface area contributed by atoms with Crippen LogP contribution in [0.3, 0.4) is 0 Å². The number of nitrogens with zero attached hydrogens (tertiary/aromatic N) is 2. The third-order valence-electron chi connectivity index (χ3n) is 4.00. The van der Waals surface area contributed by atoms with E-state index < -0.39 is 5.91 Å². The normalized spacial score (nSPS) is 10.8. The highest BCUT2D eigenvalue weighted by Crippen LogP contribution is 2.27. The Balaban J connectivity index is 1.50. The number of hydrogen-bond donors (Lipinski definition) is 2. The minimum atomic E-state index is -0.466. The van der Waals surface area contributed by atoms with Gasteiger partial charge in [0.15, 0.2) is 10.7 Å². The molecule has 0 aliphatic carbocycles. The Morgan fingerprint density at radius 2 is 1.93 bits per heavy atom. The predicted molar refractivity (Wildman–Crippen MR) is 125 cm³/mol. The first-order valence-corrected chi connectivity index (χ1v) is 10.4. The fraction of sp³-hybridized carbons (Fsp3) is 0. The van der Waals surface area contributed by atoms with E-state index in [4.69, 9.17) is 39.8 Å². The molecule has 0 saturated heterocycles. The van der Waals surface area contributed by atoms with Crippen molar-refractivity contribution in [1.82, 2.24) is 15.3 Å². The zero-order valence-electron chi connectivity index (χ0n) is 14.9. The lowest BCUT2D eigenvalue weighted by molar-refractivity contribution is 0.0978. The lowest BCUT2D eigenvalue weighted by Gasteiger charge is -2.10. The molecule has 4 aromatic rings. The van der Waals surface area contributed by atoms with E-state index in [0.29, 0.717) is 27.7 Å². The molecule has 150 valence electrons. The van der Waals surface area contributed by atoms with Crippen molar-refractivity contribution in [3.05, 3.63) is 74.9 Å². The first-order chi connectivity index (χ1) is 14.4. The number of aromatic nitrogens is 2. The molecule has 0 spiro atoms. The second kappa shape index (κ2) is 8.69. The highest BCUT2D eigenvalue weighted by Gasteiger charge is 2.14. The molecule has 0 aliphatic heterocycles. The summed E-state index contributed by atoms with van der Waals surface area (Å²) in [5.74, 6) is -0.0191. The van der Waals surface area contributed by atoms with Gasteiger partial charge in [-0.25, -0.2) is 4.98 Å². The number of pyridine rings is 1. The predicted octanol–water partition coefficient (Wildman–Crippen LogP) is 6.09. The number of anilines is 1. The van der Waals surface area contributed by atoms with Gasteiger partial charge in [0.1, 0.15) is 5.52 Å². The fourth-order valence-electron chi connectivity index (χ4n) is 2.66. The molecule has 0 aliphatic rings. The molecule has 4 rings (SSSR count). The number of benzene rings is 2. The Hall–Kier alpha value is -2.52. The van der Waals surface area contributed by atoms with Gasteiger partial charge in [0.2, 0.25) is 5.89 Å². The van der Waals surface area contributed by atoms with Gasteiger partial charge in [-0.3, -0.25) is 15.1 Å². The van der Waals surface area contributed by atoms with E-state index in [2.05, 4.69) is 36.5 Å². The Labute approximate surface area is 194 Å². The summed E-state index contributed by atoms with van der Waals surface area (Å²) in [5, 5.41) is 6.31. The quantitative estimate of drug-likeness (QED) is 0.318. The molecule has 0 atom stereocenters. The van der Waals surface area contributed by atoms with E-state index >= 15 is 0 Å². The summed E-state index contributed by atoms with van der Waals surface area (Å²) in [5.41, 5.74) is 2.85. The maximum absolute atomic E-state index is 12.4. The Kier molecular flexibility index (Phi) is 6.01. The van der Waals surface area contributed by atoms with E-state index in [1.807, 2.05) is 6.07 Å². The van der Waals surface area contributed by atoms with Crippen LogP contribution in [0.25, 0.3) is 22.6 Å². The monoisotopic (exact) mass is 520 g/mol. The van der Waals surface area contributed by atoms with Crippen LogP contribution in [0.5, 0.6) is 0 Å². The van der Waals surface area contributed by atoms with Gasteiger partial charge in [-0.05, 0) is 70.6 Å². The Bertz CT molecular complexity index is 1300. The average molecular weight is 522 g/mol. The number of amides is 1. The van der Waals surface area contributed by atoms with Crippen LogP contribution in [-0.2, 0) is 0 Å². The van der Waals surface area contributed by atoms with Crippen LogP contribution in [0, 0.1) is 0 Å². The minimum Gasteiger partial charge on any atom is -0.436 e. The lowest BCUT2D eigenvalue weighted by atomic mass is 10.2. The van der Waals surface area contributed by atoms with E-state index in [1.54, 1.807) is 42.7 Å². The second-order valence-corrected chi connectivity index (χ2v) is 8.29. The number of thiocarbonyl (C=S) groups is 1. The number of carbonyl (C=O) groups is 1. The standard InChI is InChI=1S/C20H11BrCl2N4O2S/c21-11-5-10(8-24-9-11)19-26-16-7-13(2-4-17(16)29-19)25-20(30)27-18(28)14-6-12(22)1-3-15(14)23/h1-9H,(H2,25,27,28,30). The molecule has 10 heteroatoms. The molecule has 6 nitrogen and oxygen atoms in total. The number of rotatable bonds is 3. The SMILES string of the molecule is O=C(NC(=S)Nc1ccc2oc(-c3cncc(Br)c3)nc2c1)c1cc(Cl)ccc1Cl. The molecule has 2 heterocycles. The zero-order chi connectivity index (χ0) is 21.3. The fourth-order valence-corrected chi connectivity index (χ4v) is 3.61. The van der Waals surface area contributed by atoms with Crippen molar-refractivity contribution in [3.63, 3.8) is 0 Å². The number of nitrogens with one attached hydrogen (secondary N) is 2. The van der Waals surface area contributed by atoms with Gasteiger partial charge in [0.25, 0.3) is 5.91 Å². The van der Waals surface area contributed by atoms with E-state index in [9.17, 15) is 4.79 Å². The largest absolute Gasteiger partial charge is 0.436 e.